The van der Waals surface area contributed by atoms with E-state index in [0.29, 0.717) is 0 Å². The third-order valence-electron chi connectivity index (χ3n) is 4.34. The number of thiazole rings is 1. The number of hydrogen-bond acceptors (Lipinski definition) is 4. The van der Waals surface area contributed by atoms with Gasteiger partial charge in [-0.1, -0.05) is 24.3 Å². The van der Waals surface area contributed by atoms with Gasteiger partial charge in [-0.2, -0.15) is 0 Å². The van der Waals surface area contributed by atoms with Crippen molar-refractivity contribution in [2.45, 2.75) is 32.2 Å². The Morgan fingerprint density at radius 2 is 2.13 bits per heavy atom. The van der Waals surface area contributed by atoms with Gasteiger partial charge in [0.2, 0.25) is 5.91 Å². The molecule has 2 N–H and O–H groups in total. The summed E-state index contributed by atoms with van der Waals surface area (Å²) in [6.07, 6.45) is 2.92. The Bertz CT molecular complexity index is 656. The van der Waals surface area contributed by atoms with E-state index >= 15 is 0 Å². The van der Waals surface area contributed by atoms with Gasteiger partial charge in [0.1, 0.15) is 0 Å². The Kier molecular flexibility index (Phi) is 6.16. The summed E-state index contributed by atoms with van der Waals surface area (Å²) >= 11 is 1.68. The fourth-order valence-electron chi connectivity index (χ4n) is 3.09. The van der Waals surface area contributed by atoms with Crippen LogP contribution < -0.4 is 5.73 Å². The number of carbonyl (C=O) groups excluding carboxylic acids is 1. The number of nitrogens with two attached hydrogens (primary N) is 1. The lowest BCUT2D eigenvalue weighted by molar-refractivity contribution is -0.122. The molecule has 0 bridgehead atoms. The minimum atomic E-state index is -0.187. The van der Waals surface area contributed by atoms with E-state index in [1.807, 2.05) is 12.4 Å². The second-order valence-electron chi connectivity index (χ2n) is 5.81. The largest absolute Gasteiger partial charge is 0.368 e. The van der Waals surface area contributed by atoms with Gasteiger partial charge in [-0.25, -0.2) is 4.98 Å². The van der Waals surface area contributed by atoms with Crippen molar-refractivity contribution in [1.29, 1.82) is 0 Å². The highest BCUT2D eigenvalue weighted by Crippen LogP contribution is 2.27. The summed E-state index contributed by atoms with van der Waals surface area (Å²) in [4.78, 5) is 19.2. The van der Waals surface area contributed by atoms with Crippen molar-refractivity contribution in [1.82, 2.24) is 9.88 Å². The van der Waals surface area contributed by atoms with Gasteiger partial charge in [-0.05, 0) is 43.9 Å². The van der Waals surface area contributed by atoms with E-state index in [9.17, 15) is 4.79 Å². The van der Waals surface area contributed by atoms with Crippen LogP contribution in [0.25, 0.3) is 10.4 Å². The van der Waals surface area contributed by atoms with E-state index in [-0.39, 0.29) is 24.4 Å². The number of rotatable bonds is 5. The van der Waals surface area contributed by atoms with Crippen LogP contribution in [0.4, 0.5) is 0 Å². The summed E-state index contributed by atoms with van der Waals surface area (Å²) in [7, 11) is 0. The van der Waals surface area contributed by atoms with Crippen LogP contribution in [0, 0.1) is 6.92 Å². The summed E-state index contributed by atoms with van der Waals surface area (Å²) in [5.74, 6) is -0.187. The first-order valence-electron chi connectivity index (χ1n) is 7.68. The first-order valence-corrected chi connectivity index (χ1v) is 8.56. The van der Waals surface area contributed by atoms with Gasteiger partial charge in [-0.3, -0.25) is 9.69 Å². The highest BCUT2D eigenvalue weighted by Gasteiger charge is 2.28. The number of nitrogens with zero attached hydrogens (tertiary/aromatic N) is 2. The minimum Gasteiger partial charge on any atom is -0.368 e. The molecule has 2 aromatic rings. The zero-order valence-corrected chi connectivity index (χ0v) is 14.8. The van der Waals surface area contributed by atoms with Gasteiger partial charge in [-0.15, -0.1) is 23.7 Å². The molecule has 6 heteroatoms. The number of amides is 1. The molecule has 0 spiro atoms. The van der Waals surface area contributed by atoms with Crippen molar-refractivity contribution in [2.24, 2.45) is 5.73 Å². The van der Waals surface area contributed by atoms with Crippen molar-refractivity contribution in [3.63, 3.8) is 0 Å². The van der Waals surface area contributed by atoms with Gasteiger partial charge >= 0.3 is 0 Å². The number of primary amides is 1. The maximum Gasteiger partial charge on any atom is 0.234 e. The number of halogens is 1. The number of likely N-dealkylation sites (tertiary alicyclic amines) is 1. The minimum absolute atomic E-state index is 0. The molecular weight excluding hydrogens is 330 g/mol. The van der Waals surface area contributed by atoms with Crippen LogP contribution in [0.2, 0.25) is 0 Å². The molecule has 0 aliphatic carbocycles. The van der Waals surface area contributed by atoms with Gasteiger partial charge in [0.05, 0.1) is 22.1 Å². The first kappa shape index (κ1) is 17.9. The number of aromatic nitrogens is 1. The fraction of sp³-hybridized carbons (Fsp3) is 0.412. The normalized spacial score (nSPS) is 17.9. The first-order chi connectivity index (χ1) is 10.6. The zero-order chi connectivity index (χ0) is 15.5. The molecule has 1 aromatic carbocycles. The van der Waals surface area contributed by atoms with E-state index in [0.717, 1.165) is 38.0 Å². The molecule has 1 fully saturated rings. The molecule has 1 aliphatic rings. The summed E-state index contributed by atoms with van der Waals surface area (Å²) < 4.78 is 0. The predicted molar refractivity (Wildman–Crippen MR) is 97.0 cm³/mol. The smallest absolute Gasteiger partial charge is 0.234 e. The number of hydrogen-bond donors (Lipinski definition) is 1. The van der Waals surface area contributed by atoms with E-state index < -0.39 is 0 Å². The van der Waals surface area contributed by atoms with Gasteiger partial charge < -0.3 is 5.73 Å². The third-order valence-corrected chi connectivity index (χ3v) is 5.32. The molecule has 1 saturated heterocycles. The molecule has 2 heterocycles. The van der Waals surface area contributed by atoms with Crippen LogP contribution in [-0.2, 0) is 11.2 Å². The molecule has 1 atom stereocenters. The zero-order valence-electron chi connectivity index (χ0n) is 13.2. The average molecular weight is 352 g/mol. The molecule has 0 radical (unpaired) electrons. The Morgan fingerprint density at radius 3 is 2.74 bits per heavy atom. The van der Waals surface area contributed by atoms with Gasteiger partial charge in [0.15, 0.2) is 0 Å². The summed E-state index contributed by atoms with van der Waals surface area (Å²) in [6.45, 7) is 3.91. The summed E-state index contributed by atoms with van der Waals surface area (Å²) in [5, 5.41) is 0. The summed E-state index contributed by atoms with van der Waals surface area (Å²) in [6, 6.07) is 8.59. The highest BCUT2D eigenvalue weighted by atomic mass is 35.5. The number of carbonyl (C=O) groups is 1. The van der Waals surface area contributed by atoms with E-state index in [1.165, 1.54) is 16.0 Å². The van der Waals surface area contributed by atoms with Crippen molar-refractivity contribution in [3.8, 4) is 10.4 Å². The van der Waals surface area contributed by atoms with Crippen LogP contribution in [0.3, 0.4) is 0 Å². The van der Waals surface area contributed by atoms with Gasteiger partial charge in [0.25, 0.3) is 0 Å². The predicted octanol–water partition coefficient (Wildman–Crippen LogP) is 3.03. The van der Waals surface area contributed by atoms with Crippen LogP contribution >= 0.6 is 23.7 Å². The molecule has 3 rings (SSSR count). The van der Waals surface area contributed by atoms with Crippen LogP contribution in [0.1, 0.15) is 24.1 Å². The SMILES string of the molecule is Cc1ncsc1-c1ccc(CCN2CCC[C@H]2C(N)=O)cc1.Cl. The maximum absolute atomic E-state index is 11.4. The van der Waals surface area contributed by atoms with E-state index in [2.05, 4.69) is 34.1 Å². The lowest BCUT2D eigenvalue weighted by Gasteiger charge is -2.21. The molecule has 4 nitrogen and oxygen atoms in total. The number of aryl methyl sites for hydroxylation is 1. The third kappa shape index (κ3) is 4.10. The monoisotopic (exact) mass is 351 g/mol. The van der Waals surface area contributed by atoms with Crippen LogP contribution in [0.15, 0.2) is 29.8 Å². The molecule has 124 valence electrons. The van der Waals surface area contributed by atoms with Crippen LogP contribution in [0.5, 0.6) is 0 Å². The highest BCUT2D eigenvalue weighted by molar-refractivity contribution is 7.13. The second kappa shape index (κ2) is 7.90. The van der Waals surface area contributed by atoms with E-state index in [4.69, 9.17) is 5.73 Å². The average Bonchev–Trinajstić information content (AvgIpc) is 3.14. The molecule has 23 heavy (non-hydrogen) atoms. The molecule has 1 aliphatic heterocycles. The molecule has 1 amide bonds. The topological polar surface area (TPSA) is 59.2 Å². The number of benzene rings is 1. The Morgan fingerprint density at radius 1 is 1.39 bits per heavy atom. The van der Waals surface area contributed by atoms with E-state index in [1.54, 1.807) is 11.3 Å². The van der Waals surface area contributed by atoms with Gasteiger partial charge in [0, 0.05) is 6.54 Å². The molecular formula is C17H22ClN3OS. The molecule has 0 saturated carbocycles. The Balaban J connectivity index is 0.00000192. The van der Waals surface area contributed by atoms with Crippen molar-refractivity contribution in [3.05, 3.63) is 41.0 Å². The summed E-state index contributed by atoms with van der Waals surface area (Å²) in [5.41, 5.74) is 10.9. The fourth-order valence-corrected chi connectivity index (χ4v) is 3.90. The van der Waals surface area contributed by atoms with Crippen LogP contribution in [-0.4, -0.2) is 34.9 Å². The maximum atomic E-state index is 11.4. The Labute approximate surface area is 147 Å². The molecule has 1 aromatic heterocycles. The quantitative estimate of drug-likeness (QED) is 0.900. The van der Waals surface area contributed by atoms with Crippen molar-refractivity contribution in [2.75, 3.05) is 13.1 Å². The molecule has 0 unspecified atom stereocenters. The van der Waals surface area contributed by atoms with Crippen molar-refractivity contribution < 1.29 is 4.79 Å². The standard InChI is InChI=1S/C17H21N3OS.ClH/c1-12-16(22-11-19-12)14-6-4-13(5-7-14)8-10-20-9-2-3-15(20)17(18)21;/h4-7,11,15H,2-3,8-10H2,1H3,(H2,18,21);1H/t15-;/m0./s1. The Hall–Kier alpha value is -1.43. The second-order valence-corrected chi connectivity index (χ2v) is 6.66. The lowest BCUT2D eigenvalue weighted by atomic mass is 10.1. The lowest BCUT2D eigenvalue weighted by Crippen LogP contribution is -2.41. The van der Waals surface area contributed by atoms with Crippen molar-refractivity contribution >= 4 is 29.7 Å².